The van der Waals surface area contributed by atoms with E-state index in [9.17, 15) is 9.90 Å². The minimum atomic E-state index is -0.447. The van der Waals surface area contributed by atoms with Crippen molar-refractivity contribution >= 4 is 11.6 Å². The fraction of sp³-hybridized carbons (Fsp3) is 0.462. The standard InChI is InChI=1S/C13H18N2O3/c1-18-11-5-9(4-10(14)6-11)13(17)15-7-12(16)8-2-3-8/h4-6,8,12,16H,2-3,7,14H2,1H3,(H,15,17). The van der Waals surface area contributed by atoms with Crippen LogP contribution in [0.4, 0.5) is 5.69 Å². The minimum Gasteiger partial charge on any atom is -0.497 e. The lowest BCUT2D eigenvalue weighted by Gasteiger charge is -2.11. The molecule has 0 heterocycles. The highest BCUT2D eigenvalue weighted by atomic mass is 16.5. The molecule has 1 aliphatic rings. The van der Waals surface area contributed by atoms with E-state index in [-0.39, 0.29) is 12.5 Å². The number of rotatable bonds is 5. The highest BCUT2D eigenvalue weighted by molar-refractivity contribution is 5.95. The molecule has 0 aliphatic heterocycles. The third-order valence-electron chi connectivity index (χ3n) is 3.06. The lowest BCUT2D eigenvalue weighted by Crippen LogP contribution is -2.33. The van der Waals surface area contributed by atoms with E-state index in [0.29, 0.717) is 22.9 Å². The molecule has 1 aliphatic carbocycles. The number of ether oxygens (including phenoxy) is 1. The van der Waals surface area contributed by atoms with Crippen molar-refractivity contribution in [3.8, 4) is 5.75 Å². The van der Waals surface area contributed by atoms with Gasteiger partial charge < -0.3 is 20.9 Å². The molecule has 1 atom stereocenters. The monoisotopic (exact) mass is 250 g/mol. The summed E-state index contributed by atoms with van der Waals surface area (Å²) in [5, 5.41) is 12.4. The van der Waals surface area contributed by atoms with E-state index in [4.69, 9.17) is 10.5 Å². The molecule has 1 unspecified atom stereocenters. The van der Waals surface area contributed by atoms with E-state index >= 15 is 0 Å². The summed E-state index contributed by atoms with van der Waals surface area (Å²) in [6, 6.07) is 4.85. The van der Waals surface area contributed by atoms with Crippen molar-refractivity contribution in [2.24, 2.45) is 5.92 Å². The number of aliphatic hydroxyl groups is 1. The van der Waals surface area contributed by atoms with Crippen molar-refractivity contribution in [2.45, 2.75) is 18.9 Å². The van der Waals surface area contributed by atoms with Crippen molar-refractivity contribution in [2.75, 3.05) is 19.4 Å². The van der Waals surface area contributed by atoms with Gasteiger partial charge in [-0.3, -0.25) is 4.79 Å². The van der Waals surface area contributed by atoms with Gasteiger partial charge in [0.1, 0.15) is 5.75 Å². The van der Waals surface area contributed by atoms with Gasteiger partial charge in [0.25, 0.3) is 5.91 Å². The van der Waals surface area contributed by atoms with Crippen LogP contribution in [0, 0.1) is 5.92 Å². The maximum Gasteiger partial charge on any atom is 0.251 e. The molecular formula is C13H18N2O3. The van der Waals surface area contributed by atoms with Crippen LogP contribution in [0.1, 0.15) is 23.2 Å². The van der Waals surface area contributed by atoms with Crippen LogP contribution < -0.4 is 15.8 Å². The molecule has 1 amide bonds. The van der Waals surface area contributed by atoms with Crippen LogP contribution in [-0.4, -0.2) is 30.8 Å². The Morgan fingerprint density at radius 3 is 2.89 bits per heavy atom. The summed E-state index contributed by atoms with van der Waals surface area (Å²) in [4.78, 5) is 11.9. The molecule has 1 aromatic carbocycles. The minimum absolute atomic E-state index is 0.250. The molecule has 4 N–H and O–H groups in total. The van der Waals surface area contributed by atoms with E-state index in [0.717, 1.165) is 12.8 Å². The van der Waals surface area contributed by atoms with Crippen molar-refractivity contribution in [3.05, 3.63) is 23.8 Å². The first-order valence-electron chi connectivity index (χ1n) is 6.01. The number of hydrogen-bond donors (Lipinski definition) is 3. The summed E-state index contributed by atoms with van der Waals surface area (Å²) in [6.07, 6.45) is 1.64. The summed E-state index contributed by atoms with van der Waals surface area (Å²) in [6.45, 7) is 0.278. The summed E-state index contributed by atoms with van der Waals surface area (Å²) < 4.78 is 5.05. The largest absolute Gasteiger partial charge is 0.497 e. The van der Waals surface area contributed by atoms with E-state index < -0.39 is 6.10 Å². The van der Waals surface area contributed by atoms with E-state index in [1.807, 2.05) is 0 Å². The average Bonchev–Trinajstić information content (AvgIpc) is 3.18. The van der Waals surface area contributed by atoms with Gasteiger partial charge in [0.05, 0.1) is 13.2 Å². The first-order valence-corrected chi connectivity index (χ1v) is 6.01. The smallest absolute Gasteiger partial charge is 0.251 e. The quantitative estimate of drug-likeness (QED) is 0.674. The Kier molecular flexibility index (Phi) is 3.72. The number of benzene rings is 1. The first kappa shape index (κ1) is 12.7. The van der Waals surface area contributed by atoms with Gasteiger partial charge in [0.15, 0.2) is 0 Å². The van der Waals surface area contributed by atoms with Crippen molar-refractivity contribution < 1.29 is 14.6 Å². The van der Waals surface area contributed by atoms with Crippen molar-refractivity contribution in [1.82, 2.24) is 5.32 Å². The number of hydrogen-bond acceptors (Lipinski definition) is 4. The number of carbonyl (C=O) groups excluding carboxylic acids is 1. The van der Waals surface area contributed by atoms with Gasteiger partial charge in [0, 0.05) is 23.9 Å². The Hall–Kier alpha value is -1.75. The fourth-order valence-corrected chi connectivity index (χ4v) is 1.82. The molecular weight excluding hydrogens is 232 g/mol. The van der Waals surface area contributed by atoms with E-state index in [1.54, 1.807) is 18.2 Å². The highest BCUT2D eigenvalue weighted by Crippen LogP contribution is 2.32. The number of nitrogens with two attached hydrogens (primary N) is 1. The summed E-state index contributed by atoms with van der Waals surface area (Å²) in [7, 11) is 1.52. The topological polar surface area (TPSA) is 84.6 Å². The second kappa shape index (κ2) is 5.27. The molecule has 0 bridgehead atoms. The van der Waals surface area contributed by atoms with Gasteiger partial charge in [-0.1, -0.05) is 0 Å². The predicted octanol–water partition coefficient (Wildman–Crippen LogP) is 0.778. The Morgan fingerprint density at radius 2 is 2.28 bits per heavy atom. The zero-order valence-corrected chi connectivity index (χ0v) is 10.3. The number of nitrogen functional groups attached to an aromatic ring is 1. The summed E-state index contributed by atoms with van der Waals surface area (Å²) in [5.74, 6) is 0.642. The average molecular weight is 250 g/mol. The van der Waals surface area contributed by atoms with Crippen molar-refractivity contribution in [1.29, 1.82) is 0 Å². The molecule has 0 spiro atoms. The van der Waals surface area contributed by atoms with Crippen LogP contribution in [0.5, 0.6) is 5.75 Å². The van der Waals surface area contributed by atoms with Gasteiger partial charge in [-0.05, 0) is 30.9 Å². The Bertz CT molecular complexity index is 444. The van der Waals surface area contributed by atoms with Gasteiger partial charge in [-0.25, -0.2) is 0 Å². The number of anilines is 1. The van der Waals surface area contributed by atoms with Gasteiger partial charge in [-0.2, -0.15) is 0 Å². The van der Waals surface area contributed by atoms with Crippen LogP contribution in [-0.2, 0) is 0 Å². The molecule has 1 aromatic rings. The fourth-order valence-electron chi connectivity index (χ4n) is 1.82. The molecule has 5 nitrogen and oxygen atoms in total. The summed E-state index contributed by atoms with van der Waals surface area (Å²) in [5.41, 5.74) is 6.59. The Labute approximate surface area is 106 Å². The lowest BCUT2D eigenvalue weighted by atomic mass is 10.1. The molecule has 98 valence electrons. The van der Waals surface area contributed by atoms with Crippen LogP contribution in [0.2, 0.25) is 0 Å². The van der Waals surface area contributed by atoms with Gasteiger partial charge in [0.2, 0.25) is 0 Å². The molecule has 5 heteroatoms. The van der Waals surface area contributed by atoms with Crippen molar-refractivity contribution in [3.63, 3.8) is 0 Å². The molecule has 18 heavy (non-hydrogen) atoms. The number of nitrogens with one attached hydrogen (secondary N) is 1. The van der Waals surface area contributed by atoms with Gasteiger partial charge >= 0.3 is 0 Å². The predicted molar refractivity (Wildman–Crippen MR) is 68.5 cm³/mol. The third-order valence-corrected chi connectivity index (χ3v) is 3.06. The number of carbonyl (C=O) groups is 1. The number of amides is 1. The SMILES string of the molecule is COc1cc(N)cc(C(=O)NCC(O)C2CC2)c1. The highest BCUT2D eigenvalue weighted by Gasteiger charge is 2.29. The molecule has 0 aromatic heterocycles. The maximum atomic E-state index is 11.9. The first-order chi connectivity index (χ1) is 8.60. The third kappa shape index (κ3) is 3.13. The molecule has 1 fully saturated rings. The van der Waals surface area contributed by atoms with Crippen LogP contribution >= 0.6 is 0 Å². The zero-order chi connectivity index (χ0) is 13.1. The normalized spacial score (nSPS) is 16.1. The van der Waals surface area contributed by atoms with Crippen LogP contribution in [0.25, 0.3) is 0 Å². The molecule has 0 radical (unpaired) electrons. The number of methoxy groups -OCH3 is 1. The van der Waals surface area contributed by atoms with E-state index in [1.165, 1.54) is 7.11 Å². The second-order valence-corrected chi connectivity index (χ2v) is 4.61. The Balaban J connectivity index is 1.96. The lowest BCUT2D eigenvalue weighted by molar-refractivity contribution is 0.0901. The van der Waals surface area contributed by atoms with Crippen LogP contribution in [0.15, 0.2) is 18.2 Å². The molecule has 0 saturated heterocycles. The second-order valence-electron chi connectivity index (χ2n) is 4.61. The van der Waals surface area contributed by atoms with E-state index in [2.05, 4.69) is 5.32 Å². The molecule has 2 rings (SSSR count). The van der Waals surface area contributed by atoms with Gasteiger partial charge in [-0.15, -0.1) is 0 Å². The zero-order valence-electron chi connectivity index (χ0n) is 10.3. The summed E-state index contributed by atoms with van der Waals surface area (Å²) >= 11 is 0. The number of aliphatic hydroxyl groups excluding tert-OH is 1. The Morgan fingerprint density at radius 1 is 1.56 bits per heavy atom. The van der Waals surface area contributed by atoms with Crippen LogP contribution in [0.3, 0.4) is 0 Å². The maximum absolute atomic E-state index is 11.9. The molecule has 1 saturated carbocycles.